The maximum absolute atomic E-state index is 14.6. The number of nitrogens with zero attached hydrogens (tertiary/aromatic N) is 3. The van der Waals surface area contributed by atoms with Crippen molar-refractivity contribution in [3.63, 3.8) is 0 Å². The maximum atomic E-state index is 14.6. The van der Waals surface area contributed by atoms with Crippen LogP contribution in [0.25, 0.3) is 0 Å². The number of hydrogen-bond donors (Lipinski definition) is 0. The first-order valence-electron chi connectivity index (χ1n) is 9.63. The molecule has 1 aromatic carbocycles. The minimum Gasteiger partial charge on any atom is -0.486 e. The number of benzene rings is 1. The molecule has 144 valence electrons. The van der Waals surface area contributed by atoms with Crippen molar-refractivity contribution in [3.8, 4) is 11.5 Å². The summed E-state index contributed by atoms with van der Waals surface area (Å²) in [5.41, 5.74) is 3.71. The molecule has 2 atom stereocenters. The van der Waals surface area contributed by atoms with Crippen LogP contribution in [0.1, 0.15) is 42.0 Å². The van der Waals surface area contributed by atoms with Crippen molar-refractivity contribution < 1.29 is 13.9 Å². The Kier molecular flexibility index (Phi) is 5.00. The van der Waals surface area contributed by atoms with E-state index in [0.717, 1.165) is 43.0 Å². The second-order valence-electron chi connectivity index (χ2n) is 7.59. The highest BCUT2D eigenvalue weighted by atomic mass is 19.1. The summed E-state index contributed by atoms with van der Waals surface area (Å²) in [4.78, 5) is 11.4. The predicted octanol–water partition coefficient (Wildman–Crippen LogP) is 3.63. The summed E-state index contributed by atoms with van der Waals surface area (Å²) in [6.07, 6.45) is 3.85. The fourth-order valence-corrected chi connectivity index (χ4v) is 4.07. The average Bonchev–Trinajstić information content (AvgIpc) is 3.11. The zero-order valence-electron chi connectivity index (χ0n) is 16.2. The zero-order chi connectivity index (χ0) is 19.0. The van der Waals surface area contributed by atoms with Crippen LogP contribution in [0.15, 0.2) is 18.3 Å². The van der Waals surface area contributed by atoms with E-state index in [0.29, 0.717) is 36.2 Å². The zero-order valence-corrected chi connectivity index (χ0v) is 16.2. The molecule has 0 N–H and O–H groups in total. The van der Waals surface area contributed by atoms with Gasteiger partial charge in [-0.2, -0.15) is 0 Å². The average molecular weight is 371 g/mol. The minimum atomic E-state index is -0.226. The Morgan fingerprint density at radius 3 is 2.70 bits per heavy atom. The molecule has 2 aromatic rings. The van der Waals surface area contributed by atoms with Crippen LogP contribution in [0.2, 0.25) is 0 Å². The number of fused-ring (bicyclic) bond motifs is 1. The van der Waals surface area contributed by atoms with Crippen molar-refractivity contribution in [3.05, 3.63) is 46.8 Å². The number of ether oxygens (including phenoxy) is 2. The highest BCUT2D eigenvalue weighted by Crippen LogP contribution is 2.37. The fourth-order valence-electron chi connectivity index (χ4n) is 4.07. The number of likely N-dealkylation sites (tertiary alicyclic amines) is 1. The van der Waals surface area contributed by atoms with Gasteiger partial charge in [0.2, 0.25) is 0 Å². The van der Waals surface area contributed by atoms with E-state index in [4.69, 9.17) is 9.47 Å². The Bertz CT molecular complexity index is 842. The molecule has 1 aromatic heterocycles. The molecular weight excluding hydrogens is 345 g/mol. The third-order valence-electron chi connectivity index (χ3n) is 5.63. The van der Waals surface area contributed by atoms with Gasteiger partial charge >= 0.3 is 0 Å². The first-order valence-corrected chi connectivity index (χ1v) is 9.63. The van der Waals surface area contributed by atoms with Crippen molar-refractivity contribution in [1.82, 2.24) is 14.9 Å². The summed E-state index contributed by atoms with van der Waals surface area (Å²) >= 11 is 0. The van der Waals surface area contributed by atoms with Crippen molar-refractivity contribution in [2.24, 2.45) is 5.92 Å². The molecule has 5 nitrogen and oxygen atoms in total. The third-order valence-corrected chi connectivity index (χ3v) is 5.63. The smallest absolute Gasteiger partial charge is 0.164 e. The van der Waals surface area contributed by atoms with Crippen LogP contribution in [0.4, 0.5) is 4.39 Å². The highest BCUT2D eigenvalue weighted by Gasteiger charge is 2.30. The molecule has 6 heteroatoms. The van der Waals surface area contributed by atoms with Gasteiger partial charge in [-0.3, -0.25) is 14.9 Å². The number of hydrogen-bond acceptors (Lipinski definition) is 5. The van der Waals surface area contributed by atoms with Gasteiger partial charge in [0.05, 0.1) is 17.1 Å². The molecule has 3 heterocycles. The first-order chi connectivity index (χ1) is 13.0. The van der Waals surface area contributed by atoms with E-state index in [2.05, 4.69) is 21.8 Å². The summed E-state index contributed by atoms with van der Waals surface area (Å²) in [6.45, 7) is 8.92. The Hall–Kier alpha value is -2.21. The Morgan fingerprint density at radius 2 is 1.96 bits per heavy atom. The van der Waals surface area contributed by atoms with Gasteiger partial charge in [-0.15, -0.1) is 0 Å². The SMILES string of the molecule is Cc1cnc(C[C@H]2CCN([C@@H](C)c3cc4c(cc3F)OCCO4)C2)c(C)n1. The minimum absolute atomic E-state index is 0.00368. The summed E-state index contributed by atoms with van der Waals surface area (Å²) in [7, 11) is 0. The van der Waals surface area contributed by atoms with Gasteiger partial charge in [0.25, 0.3) is 0 Å². The van der Waals surface area contributed by atoms with Gasteiger partial charge in [-0.25, -0.2) is 4.39 Å². The molecular formula is C21H26FN3O2. The lowest BCUT2D eigenvalue weighted by atomic mass is 10.0. The van der Waals surface area contributed by atoms with Gasteiger partial charge in [0, 0.05) is 30.4 Å². The lowest BCUT2D eigenvalue weighted by Gasteiger charge is -2.27. The molecule has 0 bridgehead atoms. The summed E-state index contributed by atoms with van der Waals surface area (Å²) < 4.78 is 25.7. The standard InChI is InChI=1S/C21H26FN3O2/c1-13-11-23-19(14(2)24-13)8-16-4-5-25(12-16)15(3)17-9-20-21(10-18(17)22)27-7-6-26-20/h9-11,15-16H,4-8,12H2,1-3H3/t15-,16+/m0/s1. The number of aryl methyl sites for hydroxylation is 2. The van der Waals surface area contributed by atoms with Gasteiger partial charge in [-0.05, 0) is 52.1 Å². The molecule has 4 rings (SSSR count). The molecule has 0 spiro atoms. The molecule has 0 radical (unpaired) electrons. The van der Waals surface area contributed by atoms with E-state index in [9.17, 15) is 4.39 Å². The van der Waals surface area contributed by atoms with Crippen molar-refractivity contribution in [2.45, 2.75) is 39.7 Å². The maximum Gasteiger partial charge on any atom is 0.164 e. The van der Waals surface area contributed by atoms with E-state index in [-0.39, 0.29) is 11.9 Å². The summed E-state index contributed by atoms with van der Waals surface area (Å²) in [5, 5.41) is 0. The van der Waals surface area contributed by atoms with E-state index < -0.39 is 0 Å². The van der Waals surface area contributed by atoms with Crippen molar-refractivity contribution in [1.29, 1.82) is 0 Å². The summed E-state index contributed by atoms with van der Waals surface area (Å²) in [6, 6.07) is 3.26. The molecule has 2 aliphatic heterocycles. The highest BCUT2D eigenvalue weighted by molar-refractivity contribution is 5.45. The van der Waals surface area contributed by atoms with Crippen LogP contribution in [0.3, 0.4) is 0 Å². The van der Waals surface area contributed by atoms with Gasteiger partial charge < -0.3 is 9.47 Å². The van der Waals surface area contributed by atoms with E-state index in [1.165, 1.54) is 6.07 Å². The molecule has 2 aliphatic rings. The van der Waals surface area contributed by atoms with Crippen LogP contribution >= 0.6 is 0 Å². The molecule has 0 amide bonds. The van der Waals surface area contributed by atoms with Crippen LogP contribution in [0, 0.1) is 25.6 Å². The first kappa shape index (κ1) is 18.2. The van der Waals surface area contributed by atoms with Crippen LogP contribution < -0.4 is 9.47 Å². The molecule has 27 heavy (non-hydrogen) atoms. The number of rotatable bonds is 4. The largest absolute Gasteiger partial charge is 0.486 e. The van der Waals surface area contributed by atoms with Gasteiger partial charge in [0.1, 0.15) is 19.0 Å². The van der Waals surface area contributed by atoms with Crippen molar-refractivity contribution >= 4 is 0 Å². The quantitative estimate of drug-likeness (QED) is 0.821. The van der Waals surface area contributed by atoms with Crippen LogP contribution in [-0.2, 0) is 6.42 Å². The molecule has 1 fully saturated rings. The van der Waals surface area contributed by atoms with Gasteiger partial charge in [0.15, 0.2) is 11.5 Å². The Morgan fingerprint density at radius 1 is 1.22 bits per heavy atom. The van der Waals surface area contributed by atoms with Crippen LogP contribution in [0.5, 0.6) is 11.5 Å². The molecule has 1 saturated heterocycles. The monoisotopic (exact) mass is 371 g/mol. The Balaban J connectivity index is 1.45. The topological polar surface area (TPSA) is 47.5 Å². The fraction of sp³-hybridized carbons (Fsp3) is 0.524. The van der Waals surface area contributed by atoms with Crippen molar-refractivity contribution in [2.75, 3.05) is 26.3 Å². The second-order valence-corrected chi connectivity index (χ2v) is 7.59. The van der Waals surface area contributed by atoms with E-state index in [1.54, 1.807) is 6.07 Å². The lowest BCUT2D eigenvalue weighted by molar-refractivity contribution is 0.169. The Labute approximate surface area is 159 Å². The lowest BCUT2D eigenvalue weighted by Crippen LogP contribution is -2.26. The van der Waals surface area contributed by atoms with E-state index in [1.807, 2.05) is 20.0 Å². The van der Waals surface area contributed by atoms with E-state index >= 15 is 0 Å². The van der Waals surface area contributed by atoms with Crippen LogP contribution in [-0.4, -0.2) is 41.2 Å². The molecule has 0 unspecified atom stereocenters. The molecule has 0 aliphatic carbocycles. The van der Waals surface area contributed by atoms with Gasteiger partial charge in [-0.1, -0.05) is 0 Å². The number of halogens is 1. The molecule has 0 saturated carbocycles. The predicted molar refractivity (Wildman–Crippen MR) is 101 cm³/mol. The number of aromatic nitrogens is 2. The summed E-state index contributed by atoms with van der Waals surface area (Å²) in [5.74, 6) is 1.44. The normalized spacial score (nSPS) is 20.7. The third kappa shape index (κ3) is 3.76. The second kappa shape index (κ2) is 7.43.